The Morgan fingerprint density at radius 3 is 3.08 bits per heavy atom. The average Bonchev–Trinajstić information content (AvgIpc) is 2.37. The smallest absolute Gasteiger partial charge is 0.328 e. The van der Waals surface area contributed by atoms with Crippen molar-refractivity contribution in [2.24, 2.45) is 0 Å². The van der Waals surface area contributed by atoms with E-state index < -0.39 is 6.04 Å². The Kier molecular flexibility index (Phi) is 3.04. The number of ether oxygens (including phenoxy) is 2. The zero-order valence-corrected chi connectivity index (χ0v) is 6.83. The van der Waals surface area contributed by atoms with E-state index in [0.29, 0.717) is 13.0 Å². The molecule has 1 unspecified atom stereocenters. The van der Waals surface area contributed by atoms with Crippen LogP contribution in [0.25, 0.3) is 0 Å². The fraction of sp³-hybridized carbons (Fsp3) is 0.714. The maximum absolute atomic E-state index is 10.9. The van der Waals surface area contributed by atoms with Crippen LogP contribution in [0.3, 0.4) is 0 Å². The fourth-order valence-corrected chi connectivity index (χ4v) is 0.994. The molecule has 1 amide bonds. The molecule has 0 bridgehead atoms. The Labute approximate surface area is 70.0 Å². The Hall–Kier alpha value is -1.10. The summed E-state index contributed by atoms with van der Waals surface area (Å²) in [5.74, 6) is -0.652. The third-order valence-electron chi connectivity index (χ3n) is 1.55. The van der Waals surface area contributed by atoms with Gasteiger partial charge in [-0.25, -0.2) is 4.79 Å². The fourth-order valence-electron chi connectivity index (χ4n) is 0.994. The Bertz CT molecular complexity index is 192. The van der Waals surface area contributed by atoms with Crippen LogP contribution >= 0.6 is 0 Å². The number of amides is 1. The molecule has 68 valence electrons. The zero-order valence-electron chi connectivity index (χ0n) is 6.83. The van der Waals surface area contributed by atoms with Crippen molar-refractivity contribution in [2.45, 2.75) is 12.5 Å². The Morgan fingerprint density at radius 1 is 1.83 bits per heavy atom. The molecule has 0 saturated carbocycles. The highest BCUT2D eigenvalue weighted by atomic mass is 16.5. The van der Waals surface area contributed by atoms with Crippen molar-refractivity contribution in [3.05, 3.63) is 0 Å². The van der Waals surface area contributed by atoms with Gasteiger partial charge in [0.15, 0.2) is 0 Å². The van der Waals surface area contributed by atoms with Gasteiger partial charge in [-0.3, -0.25) is 4.79 Å². The molecule has 12 heavy (non-hydrogen) atoms. The number of nitrogens with one attached hydrogen (secondary N) is 1. The summed E-state index contributed by atoms with van der Waals surface area (Å²) in [6.45, 7) is 0.362. The molecular formula is C7H11NO4. The molecule has 1 aliphatic rings. The number of carbonyl (C=O) groups is 2. The van der Waals surface area contributed by atoms with E-state index in [0.717, 1.165) is 0 Å². The van der Waals surface area contributed by atoms with Gasteiger partial charge in [0.2, 0.25) is 5.91 Å². The van der Waals surface area contributed by atoms with Crippen LogP contribution in [0.2, 0.25) is 0 Å². The van der Waals surface area contributed by atoms with E-state index in [-0.39, 0.29) is 18.5 Å². The molecule has 0 aliphatic carbocycles. The summed E-state index contributed by atoms with van der Waals surface area (Å²) in [6.07, 6.45) is 0.550. The first-order valence-corrected chi connectivity index (χ1v) is 3.69. The number of rotatable bonds is 3. The number of methoxy groups -OCH3 is 1. The predicted molar refractivity (Wildman–Crippen MR) is 39.4 cm³/mol. The lowest BCUT2D eigenvalue weighted by Gasteiger charge is -2.07. The lowest BCUT2D eigenvalue weighted by Crippen LogP contribution is -2.39. The van der Waals surface area contributed by atoms with E-state index in [2.05, 4.69) is 14.8 Å². The van der Waals surface area contributed by atoms with Crippen LogP contribution in [0.5, 0.6) is 0 Å². The van der Waals surface area contributed by atoms with Gasteiger partial charge in [0.1, 0.15) is 12.6 Å². The second-order valence-corrected chi connectivity index (χ2v) is 2.51. The van der Waals surface area contributed by atoms with Crippen LogP contribution in [0.1, 0.15) is 6.42 Å². The van der Waals surface area contributed by atoms with Crippen LogP contribution in [0.4, 0.5) is 0 Å². The minimum atomic E-state index is -0.479. The van der Waals surface area contributed by atoms with Gasteiger partial charge in [0.25, 0.3) is 0 Å². The Morgan fingerprint density at radius 2 is 2.58 bits per heavy atom. The molecule has 5 heteroatoms. The van der Waals surface area contributed by atoms with Gasteiger partial charge in [-0.05, 0) is 0 Å². The highest BCUT2D eigenvalue weighted by Crippen LogP contribution is 2.04. The average molecular weight is 173 g/mol. The number of cyclic esters (lactones) is 1. The molecule has 5 nitrogen and oxygen atoms in total. The van der Waals surface area contributed by atoms with Crippen molar-refractivity contribution in [2.75, 3.05) is 20.3 Å². The van der Waals surface area contributed by atoms with Crippen molar-refractivity contribution in [1.82, 2.24) is 5.32 Å². The maximum Gasteiger partial charge on any atom is 0.328 e. The van der Waals surface area contributed by atoms with Crippen LogP contribution < -0.4 is 5.32 Å². The summed E-state index contributed by atoms with van der Waals surface area (Å²) in [5, 5.41) is 2.49. The molecule has 1 rings (SSSR count). The lowest BCUT2D eigenvalue weighted by molar-refractivity contribution is -0.141. The SMILES string of the molecule is COCC(=O)NC1CCOC1=O. The van der Waals surface area contributed by atoms with E-state index in [4.69, 9.17) is 0 Å². The highest BCUT2D eigenvalue weighted by Gasteiger charge is 2.27. The molecule has 0 aromatic heterocycles. The second kappa shape index (κ2) is 4.06. The zero-order chi connectivity index (χ0) is 8.97. The molecule has 1 fully saturated rings. The predicted octanol–water partition coefficient (Wildman–Crippen LogP) is -0.935. The molecule has 1 saturated heterocycles. The van der Waals surface area contributed by atoms with Gasteiger partial charge < -0.3 is 14.8 Å². The summed E-state index contributed by atoms with van der Waals surface area (Å²) in [6, 6.07) is -0.479. The van der Waals surface area contributed by atoms with Gasteiger partial charge in [0, 0.05) is 13.5 Å². The van der Waals surface area contributed by atoms with E-state index in [1.165, 1.54) is 7.11 Å². The topological polar surface area (TPSA) is 64.6 Å². The van der Waals surface area contributed by atoms with Crippen LogP contribution in [-0.2, 0) is 19.1 Å². The van der Waals surface area contributed by atoms with E-state index in [1.807, 2.05) is 0 Å². The standard InChI is InChI=1S/C7H11NO4/c1-11-4-6(9)8-5-2-3-12-7(5)10/h5H,2-4H2,1H3,(H,8,9). The highest BCUT2D eigenvalue weighted by molar-refractivity contribution is 5.85. The van der Waals surface area contributed by atoms with Crippen molar-refractivity contribution in [1.29, 1.82) is 0 Å². The monoisotopic (exact) mass is 173 g/mol. The summed E-state index contributed by atoms with van der Waals surface area (Å²) < 4.78 is 9.24. The molecule has 1 atom stereocenters. The van der Waals surface area contributed by atoms with Gasteiger partial charge in [-0.2, -0.15) is 0 Å². The molecule has 0 aromatic rings. The molecular weight excluding hydrogens is 162 g/mol. The quantitative estimate of drug-likeness (QED) is 0.560. The number of hydrogen-bond donors (Lipinski definition) is 1. The minimum absolute atomic E-state index is 0.0240. The summed E-state index contributed by atoms with van der Waals surface area (Å²) in [7, 11) is 1.42. The summed E-state index contributed by atoms with van der Waals surface area (Å²) >= 11 is 0. The van der Waals surface area contributed by atoms with Crippen molar-refractivity contribution in [3.63, 3.8) is 0 Å². The normalized spacial score (nSPS) is 22.1. The van der Waals surface area contributed by atoms with Crippen molar-refractivity contribution < 1.29 is 19.1 Å². The molecule has 1 aliphatic heterocycles. The van der Waals surface area contributed by atoms with E-state index >= 15 is 0 Å². The first kappa shape index (κ1) is 8.99. The first-order chi connectivity index (χ1) is 5.74. The molecule has 0 radical (unpaired) electrons. The molecule has 1 heterocycles. The molecule has 0 spiro atoms. The maximum atomic E-state index is 10.9. The third-order valence-corrected chi connectivity index (χ3v) is 1.55. The Balaban J connectivity index is 2.30. The van der Waals surface area contributed by atoms with Gasteiger partial charge in [-0.1, -0.05) is 0 Å². The van der Waals surface area contributed by atoms with Gasteiger partial charge >= 0.3 is 5.97 Å². The molecule has 0 aromatic carbocycles. The van der Waals surface area contributed by atoms with Crippen LogP contribution in [0.15, 0.2) is 0 Å². The first-order valence-electron chi connectivity index (χ1n) is 3.69. The van der Waals surface area contributed by atoms with Gasteiger partial charge in [-0.15, -0.1) is 0 Å². The second-order valence-electron chi connectivity index (χ2n) is 2.51. The summed E-state index contributed by atoms with van der Waals surface area (Å²) in [4.78, 5) is 21.7. The number of carbonyl (C=O) groups excluding carboxylic acids is 2. The lowest BCUT2D eigenvalue weighted by atomic mass is 10.2. The minimum Gasteiger partial charge on any atom is -0.464 e. The van der Waals surface area contributed by atoms with Crippen molar-refractivity contribution >= 4 is 11.9 Å². The van der Waals surface area contributed by atoms with Crippen molar-refractivity contribution in [3.8, 4) is 0 Å². The number of esters is 1. The van der Waals surface area contributed by atoms with Crippen LogP contribution in [0, 0.1) is 0 Å². The third kappa shape index (κ3) is 2.20. The van der Waals surface area contributed by atoms with Crippen LogP contribution in [-0.4, -0.2) is 38.2 Å². The number of hydrogen-bond acceptors (Lipinski definition) is 4. The van der Waals surface area contributed by atoms with Gasteiger partial charge in [0.05, 0.1) is 6.61 Å². The molecule has 1 N–H and O–H groups in total. The summed E-state index contributed by atoms with van der Waals surface area (Å²) in [5.41, 5.74) is 0. The van der Waals surface area contributed by atoms with E-state index in [1.54, 1.807) is 0 Å². The van der Waals surface area contributed by atoms with E-state index in [9.17, 15) is 9.59 Å². The largest absolute Gasteiger partial charge is 0.464 e.